The highest BCUT2D eigenvalue weighted by molar-refractivity contribution is 7.16. The third-order valence-electron chi connectivity index (χ3n) is 10.3. The van der Waals surface area contributed by atoms with E-state index in [4.69, 9.17) is 59.3 Å². The molecule has 0 aliphatic carbocycles. The molecule has 29 heteroatoms. The first-order valence-electron chi connectivity index (χ1n) is 25.0. The van der Waals surface area contributed by atoms with Crippen molar-refractivity contribution in [3.8, 4) is 0 Å². The normalized spacial score (nSPS) is 13.5. The summed E-state index contributed by atoms with van der Waals surface area (Å²) in [5.74, 6) is -4.78. The number of hydroxylamine groups is 4. The standard InChI is InChI=1S/C13H16ClF2NOS.C11H17NO3S.C10H14ClNO3S.C10H14FNO3S.C9H12ClNO3S/c1-9-7-10(12(14)19-9)11(18)3-2-5-17-6-4-13(15,16)8-17;1-7-5-16-9(8(7)2)10(13)12-15-6-11(3,4)14;2*1-6-4-16-8(7(6)11)9(13)12-15-5-10(2,3)14;1-5-4-15-8(7(5)10)9(13)11-14-3-6(2)12/h7H,2-6,8H2,1H3;5,14H,6H2,1-4H3,(H,12,13);2*4,14H,5H2,1-3H3,(H,12,13);4,6,12H,3H2,1-2H3,(H,11,13)/t;;;;6-/m....0/s1. The fourth-order valence-electron chi connectivity index (χ4n) is 6.00. The number of thiophene rings is 5. The molecule has 460 valence electrons. The van der Waals surface area contributed by atoms with Crippen LogP contribution in [0.25, 0.3) is 0 Å². The van der Waals surface area contributed by atoms with Crippen molar-refractivity contribution < 1.29 is 76.9 Å². The lowest BCUT2D eigenvalue weighted by molar-refractivity contribution is -0.0526. The summed E-state index contributed by atoms with van der Waals surface area (Å²) in [5.41, 5.74) is 10.7. The van der Waals surface area contributed by atoms with Gasteiger partial charge in [-0.3, -0.25) is 48.2 Å². The van der Waals surface area contributed by atoms with Crippen LogP contribution in [0.5, 0.6) is 0 Å². The molecule has 1 aliphatic heterocycles. The Hall–Kier alpha value is -3.65. The zero-order valence-electron chi connectivity index (χ0n) is 47.8. The highest BCUT2D eigenvalue weighted by atomic mass is 35.5. The van der Waals surface area contributed by atoms with E-state index < -0.39 is 52.4 Å². The first kappa shape index (κ1) is 74.5. The number of nitrogens with zero attached hydrogens (tertiary/aromatic N) is 1. The zero-order chi connectivity index (χ0) is 62.5. The van der Waals surface area contributed by atoms with E-state index in [0.29, 0.717) is 66.1 Å². The maximum absolute atomic E-state index is 13.3. The second-order valence-corrected chi connectivity index (χ2v) is 26.8. The molecule has 0 spiro atoms. The van der Waals surface area contributed by atoms with E-state index >= 15 is 0 Å². The molecule has 82 heavy (non-hydrogen) atoms. The number of carbonyl (C=O) groups is 5. The van der Waals surface area contributed by atoms with Crippen LogP contribution >= 0.6 is 91.5 Å². The Labute approximate surface area is 511 Å². The largest absolute Gasteiger partial charge is 0.391 e. The van der Waals surface area contributed by atoms with Crippen LogP contribution in [0.4, 0.5) is 13.2 Å². The van der Waals surface area contributed by atoms with Gasteiger partial charge in [0.25, 0.3) is 29.6 Å². The van der Waals surface area contributed by atoms with E-state index in [9.17, 15) is 52.5 Å². The van der Waals surface area contributed by atoms with Gasteiger partial charge in [0.2, 0.25) is 0 Å². The number of alkyl halides is 2. The fourth-order valence-corrected chi connectivity index (χ4v) is 11.4. The Morgan fingerprint density at radius 1 is 0.659 bits per heavy atom. The van der Waals surface area contributed by atoms with Gasteiger partial charge in [-0.25, -0.2) is 35.1 Å². The molecule has 4 amide bonds. The third-order valence-corrected chi connectivity index (χ3v) is 17.2. The smallest absolute Gasteiger partial charge is 0.287 e. The van der Waals surface area contributed by atoms with Crippen LogP contribution in [0.3, 0.4) is 0 Å². The lowest BCUT2D eigenvalue weighted by Crippen LogP contribution is -2.33. The first-order chi connectivity index (χ1) is 37.8. The number of hydrogen-bond acceptors (Lipinski definition) is 19. The van der Waals surface area contributed by atoms with Crippen LogP contribution in [0, 0.1) is 47.4 Å². The Morgan fingerprint density at radius 2 is 1.06 bits per heavy atom. The fraction of sp³-hybridized carbons (Fsp3) is 0.528. The number of Topliss-reactive ketones (excluding diaryl/α,β-unsaturated/α-hetero) is 1. The molecule has 1 fully saturated rings. The molecule has 1 atom stereocenters. The van der Waals surface area contributed by atoms with Crippen molar-refractivity contribution in [3.05, 3.63) is 106 Å². The van der Waals surface area contributed by atoms with Crippen molar-refractivity contribution in [2.75, 3.05) is 46.1 Å². The molecule has 0 unspecified atom stereocenters. The van der Waals surface area contributed by atoms with Crippen molar-refractivity contribution >= 4 is 121 Å². The number of nitrogens with one attached hydrogen (secondary N) is 4. The highest BCUT2D eigenvalue weighted by Gasteiger charge is 2.37. The van der Waals surface area contributed by atoms with Crippen LogP contribution in [-0.4, -0.2) is 130 Å². The van der Waals surface area contributed by atoms with Crippen molar-refractivity contribution in [2.24, 2.45) is 0 Å². The van der Waals surface area contributed by atoms with Gasteiger partial charge in [-0.2, -0.15) is 0 Å². The van der Waals surface area contributed by atoms with E-state index in [2.05, 4.69) is 21.9 Å². The summed E-state index contributed by atoms with van der Waals surface area (Å²) >= 11 is 24.1. The molecule has 0 bridgehead atoms. The molecule has 5 aromatic rings. The van der Waals surface area contributed by atoms with E-state index in [-0.39, 0.29) is 56.0 Å². The Morgan fingerprint density at radius 3 is 1.40 bits per heavy atom. The van der Waals surface area contributed by atoms with Crippen LogP contribution in [-0.2, 0) is 19.4 Å². The summed E-state index contributed by atoms with van der Waals surface area (Å²) in [5, 5.41) is 44.9. The van der Waals surface area contributed by atoms with Gasteiger partial charge in [0.1, 0.15) is 51.2 Å². The average molecular weight is 1310 g/mol. The van der Waals surface area contributed by atoms with Gasteiger partial charge < -0.3 is 20.4 Å². The van der Waals surface area contributed by atoms with Gasteiger partial charge in [-0.05, 0) is 158 Å². The number of likely N-dealkylation sites (tertiary alicyclic amines) is 1. The minimum absolute atomic E-state index is 0.000284. The predicted octanol–water partition coefficient (Wildman–Crippen LogP) is 11.3. The molecule has 18 nitrogen and oxygen atoms in total. The second kappa shape index (κ2) is 34.5. The summed E-state index contributed by atoms with van der Waals surface area (Å²) in [6.45, 7) is 22.9. The molecule has 0 radical (unpaired) electrons. The number of aliphatic hydroxyl groups excluding tert-OH is 1. The van der Waals surface area contributed by atoms with Crippen LogP contribution < -0.4 is 21.9 Å². The van der Waals surface area contributed by atoms with E-state index in [1.807, 2.05) is 40.0 Å². The van der Waals surface area contributed by atoms with Gasteiger partial charge in [0.15, 0.2) is 5.78 Å². The molecule has 0 saturated carbocycles. The van der Waals surface area contributed by atoms with Crippen LogP contribution in [0.1, 0.15) is 149 Å². The quantitative estimate of drug-likeness (QED) is 0.0251. The molecule has 1 saturated heterocycles. The third kappa shape index (κ3) is 28.0. The van der Waals surface area contributed by atoms with Gasteiger partial charge >= 0.3 is 0 Å². The first-order valence-corrected chi connectivity index (χ1v) is 30.5. The van der Waals surface area contributed by atoms with Gasteiger partial charge in [-0.15, -0.1) is 56.7 Å². The lowest BCUT2D eigenvalue weighted by atomic mass is 10.1. The Kier molecular flexibility index (Phi) is 31.3. The van der Waals surface area contributed by atoms with Gasteiger partial charge in [0.05, 0.1) is 44.4 Å². The highest BCUT2D eigenvalue weighted by Crippen LogP contribution is 2.31. The van der Waals surface area contributed by atoms with Gasteiger partial charge in [-0.1, -0.05) is 34.8 Å². The molecule has 0 aromatic carbocycles. The lowest BCUT2D eigenvalue weighted by Gasteiger charge is -2.16. The number of aliphatic hydroxyl groups is 4. The zero-order valence-corrected chi connectivity index (χ0v) is 54.1. The summed E-state index contributed by atoms with van der Waals surface area (Å²) in [6, 6.07) is 1.79. The summed E-state index contributed by atoms with van der Waals surface area (Å²) in [7, 11) is 0. The minimum atomic E-state index is -2.56. The molecular formula is C53H73Cl3F3N5O13S5. The number of hydrogen-bond donors (Lipinski definition) is 8. The van der Waals surface area contributed by atoms with Crippen molar-refractivity contribution in [2.45, 2.75) is 138 Å². The molecule has 5 aromatic heterocycles. The van der Waals surface area contributed by atoms with Crippen molar-refractivity contribution in [1.82, 2.24) is 26.8 Å². The van der Waals surface area contributed by atoms with E-state index in [0.717, 1.165) is 38.5 Å². The molecule has 6 rings (SSSR count). The summed E-state index contributed by atoms with van der Waals surface area (Å²) in [4.78, 5) is 81.6. The number of amides is 4. The number of rotatable bonds is 21. The van der Waals surface area contributed by atoms with E-state index in [1.165, 1.54) is 59.2 Å². The molecular weight excluding hydrogens is 1240 g/mol. The number of halogens is 6. The summed E-state index contributed by atoms with van der Waals surface area (Å²) < 4.78 is 39.8. The molecule has 1 aliphatic rings. The number of carbonyl (C=O) groups excluding carboxylic acids is 5. The Balaban J connectivity index is 0.000000351. The molecule has 6 heterocycles. The monoisotopic (exact) mass is 1310 g/mol. The van der Waals surface area contributed by atoms with Crippen molar-refractivity contribution in [3.63, 3.8) is 0 Å². The Bertz CT molecular complexity index is 2680. The van der Waals surface area contributed by atoms with Crippen LogP contribution in [0.15, 0.2) is 27.6 Å². The molecule has 8 N–H and O–H groups in total. The van der Waals surface area contributed by atoms with Crippen LogP contribution in [0.2, 0.25) is 14.4 Å². The number of ketones is 1. The average Bonchev–Trinajstić information content (AvgIpc) is 4.24. The maximum atomic E-state index is 13.3. The van der Waals surface area contributed by atoms with Crippen molar-refractivity contribution in [1.29, 1.82) is 0 Å². The summed E-state index contributed by atoms with van der Waals surface area (Å²) in [6.07, 6.45) is 0.264. The predicted molar refractivity (Wildman–Crippen MR) is 319 cm³/mol. The maximum Gasteiger partial charge on any atom is 0.287 e. The number of aryl methyl sites for hydroxylation is 5. The second-order valence-electron chi connectivity index (χ2n) is 20.7. The van der Waals surface area contributed by atoms with E-state index in [1.54, 1.807) is 68.6 Å². The SMILES string of the molecule is Cc1cc(C(=O)CCCN2CCC(F)(F)C2)c(Cl)s1.Cc1csc(C(=O)NOCC(C)(C)O)c1C.Cc1csc(C(=O)NOCC(C)(C)O)c1Cl.Cc1csc(C(=O)NOCC(C)(C)O)c1F.Cc1csc(C(=O)NOC[C@H](C)O)c1Cl. The minimum Gasteiger partial charge on any atom is -0.391 e. The van der Waals surface area contributed by atoms with Gasteiger partial charge in [0, 0.05) is 29.8 Å². The topological polar surface area (TPSA) is 255 Å².